The van der Waals surface area contributed by atoms with E-state index in [-0.39, 0.29) is 6.04 Å². The summed E-state index contributed by atoms with van der Waals surface area (Å²) < 4.78 is 5.21. The molecule has 1 N–H and O–H groups in total. The molecule has 1 unspecified atom stereocenters. The molecule has 1 atom stereocenters. The number of benzene rings is 2. The number of halogens is 1. The summed E-state index contributed by atoms with van der Waals surface area (Å²) in [6.45, 7) is 4.29. The standard InChI is InChI=1S/C18H22ClNO/c1-12-5-6-14(9-13(12)2)10-17(20-3)15-7-8-18(21-4)16(19)11-15/h5-9,11,17,20H,10H2,1-4H3. The largest absolute Gasteiger partial charge is 0.495 e. The Labute approximate surface area is 132 Å². The molecule has 2 aromatic rings. The van der Waals surface area contributed by atoms with Gasteiger partial charge in [0.05, 0.1) is 12.1 Å². The SMILES string of the molecule is CNC(Cc1ccc(C)c(C)c1)c1ccc(OC)c(Cl)c1. The lowest BCUT2D eigenvalue weighted by Crippen LogP contribution is -2.19. The number of aryl methyl sites for hydroxylation is 2. The Morgan fingerprint density at radius 2 is 1.86 bits per heavy atom. The molecule has 0 saturated carbocycles. The molecule has 0 radical (unpaired) electrons. The van der Waals surface area contributed by atoms with Crippen molar-refractivity contribution in [3.63, 3.8) is 0 Å². The second-order valence-electron chi connectivity index (χ2n) is 5.36. The molecule has 0 aliphatic rings. The molecule has 21 heavy (non-hydrogen) atoms. The summed E-state index contributed by atoms with van der Waals surface area (Å²) in [4.78, 5) is 0. The Bertz CT molecular complexity index is 625. The average molecular weight is 304 g/mol. The molecule has 0 aromatic heterocycles. The fraction of sp³-hybridized carbons (Fsp3) is 0.333. The van der Waals surface area contributed by atoms with Crippen molar-refractivity contribution < 1.29 is 4.74 Å². The zero-order valence-electron chi connectivity index (χ0n) is 13.0. The zero-order chi connectivity index (χ0) is 15.4. The monoisotopic (exact) mass is 303 g/mol. The van der Waals surface area contributed by atoms with Crippen molar-refractivity contribution in [1.29, 1.82) is 0 Å². The Balaban J connectivity index is 2.23. The number of methoxy groups -OCH3 is 1. The van der Waals surface area contributed by atoms with Crippen molar-refractivity contribution in [3.05, 3.63) is 63.7 Å². The number of hydrogen-bond acceptors (Lipinski definition) is 2. The van der Waals surface area contributed by atoms with Gasteiger partial charge >= 0.3 is 0 Å². The van der Waals surface area contributed by atoms with Crippen LogP contribution in [0.1, 0.15) is 28.3 Å². The Hall–Kier alpha value is -1.51. The maximum absolute atomic E-state index is 6.23. The minimum absolute atomic E-state index is 0.232. The van der Waals surface area contributed by atoms with Crippen LogP contribution in [0.25, 0.3) is 0 Å². The maximum Gasteiger partial charge on any atom is 0.137 e. The lowest BCUT2D eigenvalue weighted by Gasteiger charge is -2.18. The molecule has 0 aliphatic carbocycles. The molecule has 0 bridgehead atoms. The first-order valence-electron chi connectivity index (χ1n) is 7.12. The molecule has 0 aliphatic heterocycles. The normalized spacial score (nSPS) is 12.2. The van der Waals surface area contributed by atoms with Crippen LogP contribution in [0.5, 0.6) is 5.75 Å². The van der Waals surface area contributed by atoms with E-state index in [2.05, 4.69) is 43.4 Å². The van der Waals surface area contributed by atoms with Gasteiger partial charge in [-0.15, -0.1) is 0 Å². The van der Waals surface area contributed by atoms with Crippen LogP contribution in [-0.2, 0) is 6.42 Å². The van der Waals surface area contributed by atoms with Crippen molar-refractivity contribution >= 4 is 11.6 Å². The van der Waals surface area contributed by atoms with Gasteiger partial charge in [-0.25, -0.2) is 0 Å². The highest BCUT2D eigenvalue weighted by Crippen LogP contribution is 2.29. The van der Waals surface area contributed by atoms with Crippen LogP contribution in [0, 0.1) is 13.8 Å². The van der Waals surface area contributed by atoms with Crippen LogP contribution in [0.15, 0.2) is 36.4 Å². The highest BCUT2D eigenvalue weighted by Gasteiger charge is 2.12. The second-order valence-corrected chi connectivity index (χ2v) is 5.77. The predicted molar refractivity (Wildman–Crippen MR) is 89.4 cm³/mol. The third-order valence-corrected chi connectivity index (χ3v) is 4.23. The molecule has 3 heteroatoms. The van der Waals surface area contributed by atoms with E-state index < -0.39 is 0 Å². The van der Waals surface area contributed by atoms with Crippen molar-refractivity contribution in [2.24, 2.45) is 0 Å². The summed E-state index contributed by atoms with van der Waals surface area (Å²) in [6.07, 6.45) is 0.931. The van der Waals surface area contributed by atoms with Crippen molar-refractivity contribution in [3.8, 4) is 5.75 Å². The first-order valence-corrected chi connectivity index (χ1v) is 7.49. The second kappa shape index (κ2) is 6.97. The minimum Gasteiger partial charge on any atom is -0.495 e. The topological polar surface area (TPSA) is 21.3 Å². The smallest absolute Gasteiger partial charge is 0.137 e. The van der Waals surface area contributed by atoms with Gasteiger partial charge in [-0.05, 0) is 61.7 Å². The number of ether oxygens (including phenoxy) is 1. The third-order valence-electron chi connectivity index (χ3n) is 3.94. The van der Waals surface area contributed by atoms with Crippen LogP contribution >= 0.6 is 11.6 Å². The number of nitrogens with one attached hydrogen (secondary N) is 1. The van der Waals surface area contributed by atoms with Gasteiger partial charge in [0.25, 0.3) is 0 Å². The van der Waals surface area contributed by atoms with Crippen LogP contribution in [0.2, 0.25) is 5.02 Å². The fourth-order valence-electron chi connectivity index (χ4n) is 2.45. The molecule has 0 spiro atoms. The van der Waals surface area contributed by atoms with Gasteiger partial charge in [0.1, 0.15) is 5.75 Å². The molecular formula is C18H22ClNO. The summed E-state index contributed by atoms with van der Waals surface area (Å²) >= 11 is 6.23. The van der Waals surface area contributed by atoms with Gasteiger partial charge in [-0.3, -0.25) is 0 Å². The highest BCUT2D eigenvalue weighted by atomic mass is 35.5. The highest BCUT2D eigenvalue weighted by molar-refractivity contribution is 6.32. The van der Waals surface area contributed by atoms with E-state index in [4.69, 9.17) is 16.3 Å². The van der Waals surface area contributed by atoms with E-state index in [1.54, 1.807) is 7.11 Å². The summed E-state index contributed by atoms with van der Waals surface area (Å²) in [5, 5.41) is 4.01. The van der Waals surface area contributed by atoms with Crippen LogP contribution in [0.3, 0.4) is 0 Å². The molecule has 0 heterocycles. The van der Waals surface area contributed by atoms with Crippen LogP contribution in [0.4, 0.5) is 0 Å². The molecule has 112 valence electrons. The van der Waals surface area contributed by atoms with Crippen molar-refractivity contribution in [2.45, 2.75) is 26.3 Å². The molecule has 2 nitrogen and oxygen atoms in total. The van der Waals surface area contributed by atoms with Gasteiger partial charge in [0.2, 0.25) is 0 Å². The van der Waals surface area contributed by atoms with Crippen LogP contribution in [-0.4, -0.2) is 14.2 Å². The summed E-state index contributed by atoms with van der Waals surface area (Å²) in [5.74, 6) is 0.710. The first kappa shape index (κ1) is 15.9. The molecule has 2 aromatic carbocycles. The fourth-order valence-corrected chi connectivity index (χ4v) is 2.72. The lowest BCUT2D eigenvalue weighted by molar-refractivity contribution is 0.414. The summed E-state index contributed by atoms with van der Waals surface area (Å²) in [5.41, 5.74) is 5.15. The number of likely N-dealkylation sites (N-methyl/N-ethyl adjacent to an activating group) is 1. The van der Waals surface area contributed by atoms with E-state index in [9.17, 15) is 0 Å². The maximum atomic E-state index is 6.23. The predicted octanol–water partition coefficient (Wildman–Crippen LogP) is 4.47. The average Bonchev–Trinajstić information content (AvgIpc) is 2.48. The van der Waals surface area contributed by atoms with Gasteiger partial charge in [0, 0.05) is 6.04 Å². The summed E-state index contributed by atoms with van der Waals surface area (Å²) in [6, 6.07) is 12.8. The molecule has 0 saturated heterocycles. The first-order chi connectivity index (χ1) is 10.0. The van der Waals surface area contributed by atoms with Crippen molar-refractivity contribution in [1.82, 2.24) is 5.32 Å². The third kappa shape index (κ3) is 3.78. The molecule has 0 fully saturated rings. The molecule has 0 amide bonds. The minimum atomic E-state index is 0.232. The van der Waals surface area contributed by atoms with E-state index in [0.29, 0.717) is 10.8 Å². The Morgan fingerprint density at radius 3 is 2.43 bits per heavy atom. The van der Waals surface area contributed by atoms with Crippen molar-refractivity contribution in [2.75, 3.05) is 14.2 Å². The quantitative estimate of drug-likeness (QED) is 0.880. The lowest BCUT2D eigenvalue weighted by atomic mass is 9.96. The number of rotatable bonds is 5. The van der Waals surface area contributed by atoms with Crippen LogP contribution < -0.4 is 10.1 Å². The zero-order valence-corrected chi connectivity index (χ0v) is 13.8. The van der Waals surface area contributed by atoms with E-state index in [1.165, 1.54) is 22.3 Å². The van der Waals surface area contributed by atoms with Gasteiger partial charge < -0.3 is 10.1 Å². The van der Waals surface area contributed by atoms with E-state index >= 15 is 0 Å². The number of hydrogen-bond donors (Lipinski definition) is 1. The van der Waals surface area contributed by atoms with Gasteiger partial charge in [0.15, 0.2) is 0 Å². The Morgan fingerprint density at radius 1 is 1.10 bits per heavy atom. The van der Waals surface area contributed by atoms with Gasteiger partial charge in [-0.1, -0.05) is 35.9 Å². The van der Waals surface area contributed by atoms with Gasteiger partial charge in [-0.2, -0.15) is 0 Å². The Kier molecular flexibility index (Phi) is 5.27. The summed E-state index contributed by atoms with van der Waals surface area (Å²) in [7, 11) is 3.61. The molecule has 2 rings (SSSR count). The van der Waals surface area contributed by atoms with E-state index in [0.717, 1.165) is 6.42 Å². The molecular weight excluding hydrogens is 282 g/mol. The van der Waals surface area contributed by atoms with E-state index in [1.807, 2.05) is 19.2 Å².